The fraction of sp³-hybridized carbons (Fsp3) is 0.391. The zero-order chi connectivity index (χ0) is 20.1. The van der Waals surface area contributed by atoms with Crippen molar-refractivity contribution in [1.29, 1.82) is 0 Å². The van der Waals surface area contributed by atoms with Gasteiger partial charge in [-0.25, -0.2) is 4.79 Å². The zero-order valence-electron chi connectivity index (χ0n) is 17.2. The number of fused-ring (bicyclic) bond motifs is 1. The Kier molecular flexibility index (Phi) is 6.47. The summed E-state index contributed by atoms with van der Waals surface area (Å²) >= 11 is 0. The standard InChI is InChI=1S/C23H29N3O2/c1-5-26(6-2)14-11-18-7-8-21-20(15-18)22(16(3)25-21)23(27)28-17(4)19-9-12-24-13-10-19/h7-10,12-13,15,17,25H,5-6,11,14H2,1-4H3. The Hall–Kier alpha value is -2.66. The van der Waals surface area contributed by atoms with E-state index in [2.05, 4.69) is 46.9 Å². The minimum atomic E-state index is -0.328. The number of H-pyrrole nitrogens is 1. The Morgan fingerprint density at radius 1 is 1.18 bits per heavy atom. The highest BCUT2D eigenvalue weighted by Gasteiger charge is 2.20. The third-order valence-corrected chi connectivity index (χ3v) is 5.33. The summed E-state index contributed by atoms with van der Waals surface area (Å²) < 4.78 is 5.75. The molecule has 148 valence electrons. The van der Waals surface area contributed by atoms with E-state index in [1.165, 1.54) is 5.56 Å². The van der Waals surface area contributed by atoms with Gasteiger partial charge in [0, 0.05) is 35.5 Å². The van der Waals surface area contributed by atoms with E-state index in [4.69, 9.17) is 4.74 Å². The molecule has 1 unspecified atom stereocenters. The molecule has 0 amide bonds. The summed E-state index contributed by atoms with van der Waals surface area (Å²) in [5, 5.41) is 0.932. The van der Waals surface area contributed by atoms with Crippen LogP contribution < -0.4 is 0 Å². The lowest BCUT2D eigenvalue weighted by Crippen LogP contribution is -2.25. The maximum absolute atomic E-state index is 12.9. The molecule has 0 fully saturated rings. The van der Waals surface area contributed by atoms with Gasteiger partial charge < -0.3 is 14.6 Å². The summed E-state index contributed by atoms with van der Waals surface area (Å²) in [6.45, 7) is 11.3. The van der Waals surface area contributed by atoms with Crippen LogP contribution >= 0.6 is 0 Å². The second-order valence-electron chi connectivity index (χ2n) is 7.11. The van der Waals surface area contributed by atoms with Gasteiger partial charge in [0.25, 0.3) is 0 Å². The maximum atomic E-state index is 12.9. The Balaban J connectivity index is 1.82. The Bertz CT molecular complexity index is 930. The molecule has 1 atom stereocenters. The summed E-state index contributed by atoms with van der Waals surface area (Å²) in [4.78, 5) is 22.7. The molecule has 3 aromatic rings. The highest BCUT2D eigenvalue weighted by molar-refractivity contribution is 6.05. The quantitative estimate of drug-likeness (QED) is 0.578. The maximum Gasteiger partial charge on any atom is 0.341 e. The van der Waals surface area contributed by atoms with Gasteiger partial charge in [-0.05, 0) is 68.8 Å². The van der Waals surface area contributed by atoms with E-state index < -0.39 is 0 Å². The van der Waals surface area contributed by atoms with Crippen LogP contribution in [0.1, 0.15) is 54.1 Å². The molecule has 2 heterocycles. The minimum absolute atomic E-state index is 0.297. The van der Waals surface area contributed by atoms with Crippen LogP contribution in [0, 0.1) is 6.92 Å². The number of ether oxygens (including phenoxy) is 1. The van der Waals surface area contributed by atoms with Crippen LogP contribution in [0.3, 0.4) is 0 Å². The van der Waals surface area contributed by atoms with Crippen LogP contribution in [0.25, 0.3) is 10.9 Å². The molecule has 1 N–H and O–H groups in total. The smallest absolute Gasteiger partial charge is 0.341 e. The van der Waals surface area contributed by atoms with Gasteiger partial charge >= 0.3 is 5.97 Å². The number of carbonyl (C=O) groups is 1. The van der Waals surface area contributed by atoms with Crippen molar-refractivity contribution in [2.24, 2.45) is 0 Å². The van der Waals surface area contributed by atoms with Gasteiger partial charge in [0.15, 0.2) is 0 Å². The third-order valence-electron chi connectivity index (χ3n) is 5.33. The summed E-state index contributed by atoms with van der Waals surface area (Å²) in [5.41, 5.74) is 4.59. The van der Waals surface area contributed by atoms with E-state index in [1.54, 1.807) is 12.4 Å². The monoisotopic (exact) mass is 379 g/mol. The molecule has 2 aromatic heterocycles. The second kappa shape index (κ2) is 9.02. The second-order valence-corrected chi connectivity index (χ2v) is 7.11. The number of nitrogens with zero attached hydrogens (tertiary/aromatic N) is 2. The summed E-state index contributed by atoms with van der Waals surface area (Å²) in [5.74, 6) is -0.297. The number of aryl methyl sites for hydroxylation is 1. The van der Waals surface area contributed by atoms with E-state index in [-0.39, 0.29) is 12.1 Å². The number of aromatic amines is 1. The third kappa shape index (κ3) is 4.42. The Labute approximate surface area is 166 Å². The normalized spacial score (nSPS) is 12.5. The first-order valence-corrected chi connectivity index (χ1v) is 9.97. The molecular formula is C23H29N3O2. The van der Waals surface area contributed by atoms with Gasteiger partial charge in [0.05, 0.1) is 5.56 Å². The first-order chi connectivity index (χ1) is 13.5. The average Bonchev–Trinajstić information content (AvgIpc) is 3.04. The SMILES string of the molecule is CCN(CC)CCc1ccc2[nH]c(C)c(C(=O)OC(C)c3ccncc3)c2c1. The highest BCUT2D eigenvalue weighted by Crippen LogP contribution is 2.27. The van der Waals surface area contributed by atoms with Crippen molar-refractivity contribution in [1.82, 2.24) is 14.9 Å². The van der Waals surface area contributed by atoms with Crippen molar-refractivity contribution in [3.8, 4) is 0 Å². The molecule has 0 radical (unpaired) electrons. The molecule has 5 heteroatoms. The molecule has 0 aliphatic heterocycles. The fourth-order valence-corrected chi connectivity index (χ4v) is 3.54. The number of likely N-dealkylation sites (N-methyl/N-ethyl adjacent to an activating group) is 1. The minimum Gasteiger partial charge on any atom is -0.454 e. The predicted octanol–water partition coefficient (Wildman–Crippen LogP) is 4.67. The largest absolute Gasteiger partial charge is 0.454 e. The lowest BCUT2D eigenvalue weighted by molar-refractivity contribution is 0.0339. The van der Waals surface area contributed by atoms with Crippen LogP contribution in [-0.2, 0) is 11.2 Å². The van der Waals surface area contributed by atoms with Crippen molar-refractivity contribution in [3.05, 3.63) is 65.1 Å². The van der Waals surface area contributed by atoms with E-state index in [0.29, 0.717) is 5.56 Å². The van der Waals surface area contributed by atoms with Crippen LogP contribution in [0.5, 0.6) is 0 Å². The van der Waals surface area contributed by atoms with Crippen LogP contribution in [0.2, 0.25) is 0 Å². The Morgan fingerprint density at radius 3 is 2.57 bits per heavy atom. The van der Waals surface area contributed by atoms with E-state index in [1.807, 2.05) is 26.0 Å². The number of esters is 1. The number of hydrogen-bond acceptors (Lipinski definition) is 4. The van der Waals surface area contributed by atoms with Gasteiger partial charge in [0.2, 0.25) is 0 Å². The molecule has 28 heavy (non-hydrogen) atoms. The van der Waals surface area contributed by atoms with Crippen LogP contribution in [-0.4, -0.2) is 40.5 Å². The first-order valence-electron chi connectivity index (χ1n) is 9.97. The van der Waals surface area contributed by atoms with Gasteiger partial charge in [0.1, 0.15) is 6.10 Å². The summed E-state index contributed by atoms with van der Waals surface area (Å²) in [7, 11) is 0. The lowest BCUT2D eigenvalue weighted by Gasteiger charge is -2.17. The number of carbonyl (C=O) groups excluding carboxylic acids is 1. The van der Waals surface area contributed by atoms with Gasteiger partial charge in [-0.1, -0.05) is 19.9 Å². The molecular weight excluding hydrogens is 350 g/mol. The van der Waals surface area contributed by atoms with Crippen LogP contribution in [0.15, 0.2) is 42.7 Å². The van der Waals surface area contributed by atoms with Crippen LogP contribution in [0.4, 0.5) is 0 Å². The van der Waals surface area contributed by atoms with Crippen molar-refractivity contribution in [2.45, 2.75) is 40.2 Å². The van der Waals surface area contributed by atoms with E-state index in [9.17, 15) is 4.79 Å². The predicted molar refractivity (Wildman–Crippen MR) is 113 cm³/mol. The van der Waals surface area contributed by atoms with Crippen molar-refractivity contribution in [3.63, 3.8) is 0 Å². The van der Waals surface area contributed by atoms with Crippen molar-refractivity contribution >= 4 is 16.9 Å². The summed E-state index contributed by atoms with van der Waals surface area (Å²) in [6, 6.07) is 10.0. The zero-order valence-corrected chi connectivity index (χ0v) is 17.2. The molecule has 5 nitrogen and oxygen atoms in total. The number of rotatable bonds is 8. The van der Waals surface area contributed by atoms with Gasteiger partial charge in [-0.3, -0.25) is 4.98 Å². The first kappa shape index (κ1) is 20.1. The molecule has 0 aliphatic carbocycles. The molecule has 1 aromatic carbocycles. The van der Waals surface area contributed by atoms with E-state index >= 15 is 0 Å². The lowest BCUT2D eigenvalue weighted by atomic mass is 10.1. The highest BCUT2D eigenvalue weighted by atomic mass is 16.5. The molecule has 0 aliphatic rings. The molecule has 0 bridgehead atoms. The topological polar surface area (TPSA) is 58.2 Å². The number of benzene rings is 1. The van der Waals surface area contributed by atoms with E-state index in [0.717, 1.165) is 48.2 Å². The van der Waals surface area contributed by atoms with Gasteiger partial charge in [-0.15, -0.1) is 0 Å². The molecule has 3 rings (SSSR count). The number of aromatic nitrogens is 2. The fourth-order valence-electron chi connectivity index (χ4n) is 3.54. The number of pyridine rings is 1. The number of nitrogens with one attached hydrogen (secondary N) is 1. The molecule has 0 saturated heterocycles. The number of hydrogen-bond donors (Lipinski definition) is 1. The van der Waals surface area contributed by atoms with Crippen molar-refractivity contribution in [2.75, 3.05) is 19.6 Å². The summed E-state index contributed by atoms with van der Waals surface area (Å²) in [6.07, 6.45) is 4.05. The molecule has 0 saturated carbocycles. The Morgan fingerprint density at radius 2 is 1.89 bits per heavy atom. The van der Waals surface area contributed by atoms with Crippen molar-refractivity contribution < 1.29 is 9.53 Å². The van der Waals surface area contributed by atoms with Gasteiger partial charge in [-0.2, -0.15) is 0 Å². The molecule has 0 spiro atoms. The average molecular weight is 380 g/mol.